The fourth-order valence-corrected chi connectivity index (χ4v) is 2.66. The fraction of sp³-hybridized carbons (Fsp3) is 0.600. The first kappa shape index (κ1) is 13.4. The summed E-state index contributed by atoms with van der Waals surface area (Å²) in [6.07, 6.45) is 3.67. The molecule has 1 aromatic carbocycles. The number of aliphatic hydroxyl groups is 1. The average Bonchev–Trinajstić information content (AvgIpc) is 2.82. The van der Waals surface area contributed by atoms with Crippen LogP contribution in [0.1, 0.15) is 31.7 Å². The van der Waals surface area contributed by atoms with Crippen LogP contribution >= 0.6 is 0 Å². The molecule has 1 heterocycles. The highest BCUT2D eigenvalue weighted by molar-refractivity contribution is 5.57. The predicted octanol–water partition coefficient (Wildman–Crippen LogP) is 1.93. The molecule has 1 unspecified atom stereocenters. The molecule has 0 fully saturated rings. The maximum absolute atomic E-state index is 10.2. The van der Waals surface area contributed by atoms with Gasteiger partial charge in [-0.1, -0.05) is 25.1 Å². The first-order valence-electron chi connectivity index (χ1n) is 6.94. The summed E-state index contributed by atoms with van der Waals surface area (Å²) in [7, 11) is 0. The second-order valence-electron chi connectivity index (χ2n) is 5.25. The molecule has 0 saturated carbocycles. The number of anilines is 1. The normalized spacial score (nSPS) is 17.6. The van der Waals surface area contributed by atoms with Crippen molar-refractivity contribution in [3.8, 4) is 0 Å². The number of hydrogen-bond donors (Lipinski definition) is 2. The lowest BCUT2D eigenvalue weighted by Crippen LogP contribution is -2.37. The molecule has 1 atom stereocenters. The SMILES string of the molecule is CCC(O)(CN)CCCN1CCc2ccccc21. The van der Waals surface area contributed by atoms with E-state index in [1.807, 2.05) is 6.92 Å². The molecule has 0 radical (unpaired) electrons. The van der Waals surface area contributed by atoms with Crippen molar-refractivity contribution in [3.05, 3.63) is 29.8 Å². The zero-order valence-electron chi connectivity index (χ0n) is 11.2. The molecule has 0 aliphatic carbocycles. The molecule has 0 aromatic heterocycles. The summed E-state index contributed by atoms with van der Waals surface area (Å²) in [5, 5.41) is 10.2. The summed E-state index contributed by atoms with van der Waals surface area (Å²) in [5.41, 5.74) is 7.77. The van der Waals surface area contributed by atoms with Crippen molar-refractivity contribution in [1.82, 2.24) is 0 Å². The number of hydrogen-bond acceptors (Lipinski definition) is 3. The highest BCUT2D eigenvalue weighted by Crippen LogP contribution is 2.28. The predicted molar refractivity (Wildman–Crippen MR) is 75.9 cm³/mol. The van der Waals surface area contributed by atoms with Crippen LogP contribution in [0.2, 0.25) is 0 Å². The van der Waals surface area contributed by atoms with E-state index in [0.29, 0.717) is 6.54 Å². The van der Waals surface area contributed by atoms with E-state index in [9.17, 15) is 5.11 Å². The Kier molecular flexibility index (Phi) is 4.25. The van der Waals surface area contributed by atoms with Crippen LogP contribution in [-0.4, -0.2) is 30.3 Å². The van der Waals surface area contributed by atoms with Crippen molar-refractivity contribution in [2.24, 2.45) is 5.73 Å². The maximum atomic E-state index is 10.2. The molecule has 0 bridgehead atoms. The van der Waals surface area contributed by atoms with E-state index in [1.54, 1.807) is 0 Å². The Hall–Kier alpha value is -1.06. The second kappa shape index (κ2) is 5.72. The smallest absolute Gasteiger partial charge is 0.0767 e. The van der Waals surface area contributed by atoms with Gasteiger partial charge in [-0.05, 0) is 37.3 Å². The first-order valence-corrected chi connectivity index (χ1v) is 6.94. The topological polar surface area (TPSA) is 49.5 Å². The second-order valence-corrected chi connectivity index (χ2v) is 5.25. The van der Waals surface area contributed by atoms with E-state index in [4.69, 9.17) is 5.73 Å². The van der Waals surface area contributed by atoms with Gasteiger partial charge in [0.1, 0.15) is 0 Å². The number of nitrogens with two attached hydrogens (primary N) is 1. The minimum Gasteiger partial charge on any atom is -0.389 e. The minimum absolute atomic E-state index is 0.361. The van der Waals surface area contributed by atoms with Gasteiger partial charge < -0.3 is 15.7 Å². The van der Waals surface area contributed by atoms with Gasteiger partial charge in [0.15, 0.2) is 0 Å². The van der Waals surface area contributed by atoms with E-state index in [-0.39, 0.29) is 0 Å². The highest BCUT2D eigenvalue weighted by atomic mass is 16.3. The first-order chi connectivity index (χ1) is 8.68. The standard InChI is InChI=1S/C15H24N2O/c1-2-15(18,12-16)9-5-10-17-11-8-13-6-3-4-7-14(13)17/h3-4,6-7,18H,2,5,8-12,16H2,1H3. The lowest BCUT2D eigenvalue weighted by Gasteiger charge is -2.26. The Morgan fingerprint density at radius 2 is 2.17 bits per heavy atom. The molecule has 2 rings (SSSR count). The van der Waals surface area contributed by atoms with Crippen LogP contribution in [0.25, 0.3) is 0 Å². The third kappa shape index (κ3) is 2.85. The largest absolute Gasteiger partial charge is 0.389 e. The van der Waals surface area contributed by atoms with Gasteiger partial charge in [0.25, 0.3) is 0 Å². The van der Waals surface area contributed by atoms with Crippen LogP contribution in [0.5, 0.6) is 0 Å². The van der Waals surface area contributed by atoms with E-state index in [1.165, 1.54) is 11.3 Å². The molecule has 0 spiro atoms. The minimum atomic E-state index is -0.667. The monoisotopic (exact) mass is 248 g/mol. The molecule has 3 heteroatoms. The van der Waals surface area contributed by atoms with Crippen LogP contribution in [-0.2, 0) is 6.42 Å². The van der Waals surface area contributed by atoms with Crippen molar-refractivity contribution in [1.29, 1.82) is 0 Å². The lowest BCUT2D eigenvalue weighted by atomic mass is 9.95. The maximum Gasteiger partial charge on any atom is 0.0767 e. The summed E-state index contributed by atoms with van der Waals surface area (Å²) < 4.78 is 0. The number of nitrogens with zero attached hydrogens (tertiary/aromatic N) is 1. The number of benzene rings is 1. The molecule has 1 aromatic rings. The van der Waals surface area contributed by atoms with Gasteiger partial charge in [-0.3, -0.25) is 0 Å². The summed E-state index contributed by atoms with van der Waals surface area (Å²) in [4.78, 5) is 2.42. The Labute approximate surface area is 110 Å². The van der Waals surface area contributed by atoms with E-state index < -0.39 is 5.60 Å². The zero-order valence-corrected chi connectivity index (χ0v) is 11.2. The third-order valence-electron chi connectivity index (χ3n) is 4.09. The highest BCUT2D eigenvalue weighted by Gasteiger charge is 2.23. The van der Waals surface area contributed by atoms with Gasteiger partial charge in [-0.2, -0.15) is 0 Å². The van der Waals surface area contributed by atoms with E-state index in [0.717, 1.165) is 38.8 Å². The van der Waals surface area contributed by atoms with Crippen LogP contribution < -0.4 is 10.6 Å². The van der Waals surface area contributed by atoms with Gasteiger partial charge >= 0.3 is 0 Å². The van der Waals surface area contributed by atoms with Crippen LogP contribution in [0.4, 0.5) is 5.69 Å². The quantitative estimate of drug-likeness (QED) is 0.809. The Morgan fingerprint density at radius 1 is 1.39 bits per heavy atom. The number of rotatable bonds is 6. The van der Waals surface area contributed by atoms with Crippen molar-refractivity contribution < 1.29 is 5.11 Å². The Bertz CT molecular complexity index is 388. The van der Waals surface area contributed by atoms with Crippen molar-refractivity contribution in [2.75, 3.05) is 24.5 Å². The van der Waals surface area contributed by atoms with Crippen molar-refractivity contribution in [3.63, 3.8) is 0 Å². The third-order valence-corrected chi connectivity index (χ3v) is 4.09. The van der Waals surface area contributed by atoms with E-state index in [2.05, 4.69) is 29.2 Å². The molecule has 1 aliphatic heterocycles. The number of para-hydroxylation sites is 1. The molecule has 3 nitrogen and oxygen atoms in total. The van der Waals surface area contributed by atoms with Gasteiger partial charge in [-0.15, -0.1) is 0 Å². The van der Waals surface area contributed by atoms with Gasteiger partial charge in [-0.25, -0.2) is 0 Å². The Morgan fingerprint density at radius 3 is 2.89 bits per heavy atom. The van der Waals surface area contributed by atoms with Gasteiger partial charge in [0.05, 0.1) is 5.60 Å². The average molecular weight is 248 g/mol. The zero-order chi connectivity index (χ0) is 13.0. The molecule has 18 heavy (non-hydrogen) atoms. The van der Waals surface area contributed by atoms with Gasteiger partial charge in [0.2, 0.25) is 0 Å². The van der Waals surface area contributed by atoms with Crippen molar-refractivity contribution in [2.45, 2.75) is 38.2 Å². The number of fused-ring (bicyclic) bond motifs is 1. The summed E-state index contributed by atoms with van der Waals surface area (Å²) >= 11 is 0. The fourth-order valence-electron chi connectivity index (χ4n) is 2.66. The molecule has 0 amide bonds. The van der Waals surface area contributed by atoms with Crippen LogP contribution in [0, 0.1) is 0 Å². The summed E-state index contributed by atoms with van der Waals surface area (Å²) in [6.45, 7) is 4.48. The molecule has 1 aliphatic rings. The van der Waals surface area contributed by atoms with Crippen LogP contribution in [0.15, 0.2) is 24.3 Å². The summed E-state index contributed by atoms with van der Waals surface area (Å²) in [5.74, 6) is 0. The molecule has 3 N–H and O–H groups in total. The van der Waals surface area contributed by atoms with Gasteiger partial charge in [0, 0.05) is 25.3 Å². The summed E-state index contributed by atoms with van der Waals surface area (Å²) in [6, 6.07) is 8.60. The molecule has 0 saturated heterocycles. The molecular weight excluding hydrogens is 224 g/mol. The van der Waals surface area contributed by atoms with E-state index >= 15 is 0 Å². The lowest BCUT2D eigenvalue weighted by molar-refractivity contribution is 0.0350. The Balaban J connectivity index is 1.86. The van der Waals surface area contributed by atoms with Crippen molar-refractivity contribution >= 4 is 5.69 Å². The van der Waals surface area contributed by atoms with Crippen LogP contribution in [0.3, 0.4) is 0 Å². The molecule has 100 valence electrons. The molecular formula is C15H24N2O.